The Morgan fingerprint density at radius 1 is 1.30 bits per heavy atom. The Hall–Kier alpha value is -0.630. The SMILES string of the molecule is COc1ccc(CC(NN)c2ccccc2I)cc1Br. The minimum atomic E-state index is 0.0865. The number of ether oxygens (including phenoxy) is 1. The van der Waals surface area contributed by atoms with Crippen LogP contribution in [-0.4, -0.2) is 7.11 Å². The first-order valence-corrected chi connectivity index (χ1v) is 8.06. The zero-order chi connectivity index (χ0) is 14.5. The summed E-state index contributed by atoms with van der Waals surface area (Å²) in [7, 11) is 1.66. The third kappa shape index (κ3) is 3.72. The molecule has 1 atom stereocenters. The predicted octanol–water partition coefficient (Wildman–Crippen LogP) is 3.81. The molecular weight excluding hydrogens is 431 g/mol. The van der Waals surface area contributed by atoms with Crippen LogP contribution in [0.3, 0.4) is 0 Å². The van der Waals surface area contributed by atoms with E-state index in [4.69, 9.17) is 10.6 Å². The molecule has 20 heavy (non-hydrogen) atoms. The number of benzene rings is 2. The standard InChI is InChI=1S/C15H16BrIN2O/c1-20-15-7-6-10(8-12(15)16)9-14(19-18)11-4-2-3-5-13(11)17/h2-8,14,19H,9,18H2,1H3. The molecule has 1 unspecified atom stereocenters. The highest BCUT2D eigenvalue weighted by atomic mass is 127. The van der Waals surface area contributed by atoms with Crippen LogP contribution in [0.1, 0.15) is 17.2 Å². The van der Waals surface area contributed by atoms with Gasteiger partial charge in [0.05, 0.1) is 17.6 Å². The van der Waals surface area contributed by atoms with Gasteiger partial charge in [-0.25, -0.2) is 0 Å². The fourth-order valence-electron chi connectivity index (χ4n) is 2.09. The summed E-state index contributed by atoms with van der Waals surface area (Å²) in [5.74, 6) is 6.56. The highest BCUT2D eigenvalue weighted by molar-refractivity contribution is 14.1. The minimum absolute atomic E-state index is 0.0865. The summed E-state index contributed by atoms with van der Waals surface area (Å²) in [6, 6.07) is 14.4. The smallest absolute Gasteiger partial charge is 0.133 e. The van der Waals surface area contributed by atoms with Crippen molar-refractivity contribution < 1.29 is 4.74 Å². The lowest BCUT2D eigenvalue weighted by Crippen LogP contribution is -2.30. The first kappa shape index (κ1) is 15.8. The Kier molecular flexibility index (Phi) is 5.83. The van der Waals surface area contributed by atoms with Crippen LogP contribution in [0.5, 0.6) is 5.75 Å². The summed E-state index contributed by atoms with van der Waals surface area (Å²) >= 11 is 5.85. The molecule has 0 saturated carbocycles. The van der Waals surface area contributed by atoms with Crippen LogP contribution in [0.2, 0.25) is 0 Å². The number of hydrogen-bond donors (Lipinski definition) is 2. The van der Waals surface area contributed by atoms with E-state index in [2.05, 4.69) is 68.2 Å². The van der Waals surface area contributed by atoms with E-state index < -0.39 is 0 Å². The zero-order valence-electron chi connectivity index (χ0n) is 11.1. The van der Waals surface area contributed by atoms with Gasteiger partial charge in [-0.3, -0.25) is 11.3 Å². The molecule has 0 radical (unpaired) electrons. The van der Waals surface area contributed by atoms with Gasteiger partial charge in [-0.05, 0) is 74.3 Å². The normalized spacial score (nSPS) is 12.2. The van der Waals surface area contributed by atoms with Crippen LogP contribution in [0.4, 0.5) is 0 Å². The van der Waals surface area contributed by atoms with Gasteiger partial charge in [0.25, 0.3) is 0 Å². The van der Waals surface area contributed by atoms with Crippen molar-refractivity contribution in [3.05, 3.63) is 61.6 Å². The van der Waals surface area contributed by atoms with E-state index in [1.54, 1.807) is 7.11 Å². The highest BCUT2D eigenvalue weighted by Crippen LogP contribution is 2.28. The molecule has 0 aliphatic carbocycles. The molecule has 0 aliphatic rings. The molecule has 0 bridgehead atoms. The number of hydrazine groups is 1. The second-order valence-corrected chi connectivity index (χ2v) is 6.43. The van der Waals surface area contributed by atoms with Crippen molar-refractivity contribution in [2.45, 2.75) is 12.5 Å². The van der Waals surface area contributed by atoms with Gasteiger partial charge in [-0.15, -0.1) is 0 Å². The molecule has 2 aromatic carbocycles. The molecule has 0 aliphatic heterocycles. The van der Waals surface area contributed by atoms with Crippen molar-refractivity contribution >= 4 is 38.5 Å². The summed E-state index contributed by atoms with van der Waals surface area (Å²) < 4.78 is 7.41. The molecule has 0 aromatic heterocycles. The third-order valence-electron chi connectivity index (χ3n) is 3.14. The predicted molar refractivity (Wildman–Crippen MR) is 93.6 cm³/mol. The summed E-state index contributed by atoms with van der Waals surface area (Å²) in [6.45, 7) is 0. The monoisotopic (exact) mass is 446 g/mol. The molecule has 0 heterocycles. The number of halogens is 2. The Morgan fingerprint density at radius 3 is 2.65 bits per heavy atom. The van der Waals surface area contributed by atoms with Crippen molar-refractivity contribution in [2.75, 3.05) is 7.11 Å². The Balaban J connectivity index is 2.23. The van der Waals surface area contributed by atoms with Gasteiger partial charge >= 0.3 is 0 Å². The largest absolute Gasteiger partial charge is 0.496 e. The van der Waals surface area contributed by atoms with E-state index in [9.17, 15) is 0 Å². The van der Waals surface area contributed by atoms with Crippen LogP contribution in [-0.2, 0) is 6.42 Å². The fraction of sp³-hybridized carbons (Fsp3) is 0.200. The summed E-state index contributed by atoms with van der Waals surface area (Å²) in [5.41, 5.74) is 5.31. The number of rotatable bonds is 5. The second kappa shape index (κ2) is 7.40. The number of nitrogens with two attached hydrogens (primary N) is 1. The average molecular weight is 447 g/mol. The molecule has 2 aromatic rings. The van der Waals surface area contributed by atoms with E-state index in [1.165, 1.54) is 14.7 Å². The van der Waals surface area contributed by atoms with Crippen molar-refractivity contribution in [3.8, 4) is 5.75 Å². The van der Waals surface area contributed by atoms with Crippen molar-refractivity contribution in [1.29, 1.82) is 0 Å². The van der Waals surface area contributed by atoms with Crippen LogP contribution in [0.15, 0.2) is 46.9 Å². The maximum Gasteiger partial charge on any atom is 0.133 e. The molecule has 5 heteroatoms. The van der Waals surface area contributed by atoms with Gasteiger partial charge in [-0.1, -0.05) is 24.3 Å². The van der Waals surface area contributed by atoms with E-state index >= 15 is 0 Å². The first-order chi connectivity index (χ1) is 9.65. The molecule has 0 spiro atoms. The average Bonchev–Trinajstić information content (AvgIpc) is 2.46. The van der Waals surface area contributed by atoms with Gasteiger partial charge < -0.3 is 4.74 Å². The molecule has 3 nitrogen and oxygen atoms in total. The number of nitrogens with one attached hydrogen (secondary N) is 1. The second-order valence-electron chi connectivity index (χ2n) is 4.41. The van der Waals surface area contributed by atoms with Gasteiger partial charge in [-0.2, -0.15) is 0 Å². The quantitative estimate of drug-likeness (QED) is 0.417. The van der Waals surface area contributed by atoms with Crippen LogP contribution in [0.25, 0.3) is 0 Å². The minimum Gasteiger partial charge on any atom is -0.496 e. The van der Waals surface area contributed by atoms with E-state index in [0.29, 0.717) is 0 Å². The highest BCUT2D eigenvalue weighted by Gasteiger charge is 2.14. The lowest BCUT2D eigenvalue weighted by atomic mass is 9.99. The molecular formula is C15H16BrIN2O. The molecule has 3 N–H and O–H groups in total. The fourth-order valence-corrected chi connectivity index (χ4v) is 3.44. The molecule has 0 saturated heterocycles. The molecule has 0 fully saturated rings. The molecule has 106 valence electrons. The van der Waals surface area contributed by atoms with E-state index in [0.717, 1.165) is 16.6 Å². The van der Waals surface area contributed by atoms with Gasteiger partial charge in [0.15, 0.2) is 0 Å². The Morgan fingerprint density at radius 2 is 2.05 bits per heavy atom. The van der Waals surface area contributed by atoms with Crippen molar-refractivity contribution in [3.63, 3.8) is 0 Å². The molecule has 0 amide bonds. The lowest BCUT2D eigenvalue weighted by Gasteiger charge is -2.18. The van der Waals surface area contributed by atoms with Gasteiger partial charge in [0.1, 0.15) is 5.75 Å². The summed E-state index contributed by atoms with van der Waals surface area (Å²) in [6.07, 6.45) is 0.819. The Bertz CT molecular complexity index is 592. The lowest BCUT2D eigenvalue weighted by molar-refractivity contribution is 0.412. The maximum absolute atomic E-state index is 5.73. The number of hydrogen-bond acceptors (Lipinski definition) is 3. The first-order valence-electron chi connectivity index (χ1n) is 6.18. The van der Waals surface area contributed by atoms with Crippen LogP contribution >= 0.6 is 38.5 Å². The molecule has 2 rings (SSSR count). The van der Waals surface area contributed by atoms with Gasteiger partial charge in [0.2, 0.25) is 0 Å². The summed E-state index contributed by atoms with van der Waals surface area (Å²) in [4.78, 5) is 0. The Labute approximate surface area is 141 Å². The zero-order valence-corrected chi connectivity index (χ0v) is 14.8. The van der Waals surface area contributed by atoms with Crippen molar-refractivity contribution in [1.82, 2.24) is 5.43 Å². The summed E-state index contributed by atoms with van der Waals surface area (Å²) in [5, 5.41) is 0. The topological polar surface area (TPSA) is 47.3 Å². The van der Waals surface area contributed by atoms with Crippen LogP contribution < -0.4 is 16.0 Å². The van der Waals surface area contributed by atoms with E-state index in [1.807, 2.05) is 18.2 Å². The van der Waals surface area contributed by atoms with Crippen molar-refractivity contribution in [2.24, 2.45) is 5.84 Å². The number of methoxy groups -OCH3 is 1. The maximum atomic E-state index is 5.73. The van der Waals surface area contributed by atoms with Gasteiger partial charge in [0, 0.05) is 3.57 Å². The van der Waals surface area contributed by atoms with E-state index in [-0.39, 0.29) is 6.04 Å². The third-order valence-corrected chi connectivity index (χ3v) is 4.74. The van der Waals surface area contributed by atoms with Crippen LogP contribution in [0, 0.1) is 3.57 Å².